The maximum absolute atomic E-state index is 12.2. The lowest BCUT2D eigenvalue weighted by molar-refractivity contribution is -0.121. The number of halogens is 1. The third-order valence-corrected chi connectivity index (χ3v) is 6.89. The Labute approximate surface area is 163 Å². The van der Waals surface area contributed by atoms with Crippen LogP contribution in [0.5, 0.6) is 0 Å². The zero-order chi connectivity index (χ0) is 17.8. The highest BCUT2D eigenvalue weighted by Gasteiger charge is 2.17. The molecule has 0 radical (unpaired) electrons. The van der Waals surface area contributed by atoms with Gasteiger partial charge in [-0.1, -0.05) is 0 Å². The summed E-state index contributed by atoms with van der Waals surface area (Å²) in [5, 5.41) is 3.98. The van der Waals surface area contributed by atoms with Crippen molar-refractivity contribution in [1.29, 1.82) is 0 Å². The number of aromatic nitrogens is 1. The monoisotopic (exact) mass is 441 g/mol. The molecule has 8 heteroatoms. The fourth-order valence-electron chi connectivity index (χ4n) is 2.78. The van der Waals surface area contributed by atoms with Crippen LogP contribution in [0, 0.1) is 0 Å². The van der Waals surface area contributed by atoms with E-state index in [9.17, 15) is 9.59 Å². The van der Waals surface area contributed by atoms with E-state index in [-0.39, 0.29) is 18.4 Å². The predicted molar refractivity (Wildman–Crippen MR) is 104 cm³/mol. The fraction of sp³-hybridized carbons (Fsp3) is 0.471. The second-order valence-electron chi connectivity index (χ2n) is 6.05. The van der Waals surface area contributed by atoms with Gasteiger partial charge in [0, 0.05) is 24.9 Å². The van der Waals surface area contributed by atoms with Crippen LogP contribution < -0.4 is 5.32 Å². The molecule has 2 amide bonds. The normalized spacial score (nSPS) is 13.4. The van der Waals surface area contributed by atoms with Crippen LogP contribution in [0.2, 0.25) is 0 Å². The van der Waals surface area contributed by atoms with Gasteiger partial charge in [-0.2, -0.15) is 0 Å². The molecule has 2 aromatic heterocycles. The lowest BCUT2D eigenvalue weighted by atomic mass is 10.0. The van der Waals surface area contributed by atoms with E-state index < -0.39 is 0 Å². The number of likely N-dealkylation sites (N-methyl/N-ethyl adjacent to an activating group) is 1. The maximum atomic E-state index is 12.2. The van der Waals surface area contributed by atoms with Crippen molar-refractivity contribution < 1.29 is 9.59 Å². The Morgan fingerprint density at radius 3 is 2.80 bits per heavy atom. The van der Waals surface area contributed by atoms with Crippen molar-refractivity contribution >= 4 is 50.4 Å². The van der Waals surface area contributed by atoms with Crippen molar-refractivity contribution in [2.24, 2.45) is 0 Å². The van der Waals surface area contributed by atoms with Gasteiger partial charge in [0.1, 0.15) is 0 Å². The molecule has 5 nitrogen and oxygen atoms in total. The molecule has 0 bridgehead atoms. The summed E-state index contributed by atoms with van der Waals surface area (Å²) in [5.74, 6) is -0.286. The van der Waals surface area contributed by atoms with E-state index >= 15 is 0 Å². The Morgan fingerprint density at radius 1 is 1.28 bits per heavy atom. The molecule has 1 N–H and O–H groups in total. The number of thiazole rings is 1. The van der Waals surface area contributed by atoms with Crippen molar-refractivity contribution in [3.63, 3.8) is 0 Å². The highest BCUT2D eigenvalue weighted by molar-refractivity contribution is 9.11. The summed E-state index contributed by atoms with van der Waals surface area (Å²) in [5.41, 5.74) is 1.25. The Bertz CT molecular complexity index is 748. The molecule has 0 atom stereocenters. The van der Waals surface area contributed by atoms with Crippen molar-refractivity contribution in [1.82, 2.24) is 15.2 Å². The van der Waals surface area contributed by atoms with Crippen molar-refractivity contribution in [2.75, 3.05) is 20.1 Å². The first-order valence-corrected chi connectivity index (χ1v) is 10.7. The van der Waals surface area contributed by atoms with Crippen LogP contribution >= 0.6 is 38.6 Å². The van der Waals surface area contributed by atoms with Crippen LogP contribution in [0.25, 0.3) is 0 Å². The van der Waals surface area contributed by atoms with Gasteiger partial charge < -0.3 is 10.2 Å². The third-order valence-electron chi connectivity index (χ3n) is 4.06. The first-order chi connectivity index (χ1) is 12.0. The minimum Gasteiger partial charge on any atom is -0.354 e. The number of hydrogen-bond donors (Lipinski definition) is 1. The highest BCUT2D eigenvalue weighted by Crippen LogP contribution is 2.26. The van der Waals surface area contributed by atoms with Crippen LogP contribution in [0.4, 0.5) is 0 Å². The van der Waals surface area contributed by atoms with Gasteiger partial charge in [-0.3, -0.25) is 9.59 Å². The van der Waals surface area contributed by atoms with E-state index in [4.69, 9.17) is 0 Å². The van der Waals surface area contributed by atoms with E-state index in [1.165, 1.54) is 39.6 Å². The summed E-state index contributed by atoms with van der Waals surface area (Å²) in [6.07, 6.45) is 5.47. The van der Waals surface area contributed by atoms with Crippen molar-refractivity contribution in [2.45, 2.75) is 32.1 Å². The molecular weight excluding hydrogens is 422 g/mol. The number of rotatable bonds is 6. The second-order valence-corrected chi connectivity index (χ2v) is 9.68. The van der Waals surface area contributed by atoms with Crippen LogP contribution in [-0.4, -0.2) is 41.8 Å². The Balaban J connectivity index is 1.43. The predicted octanol–water partition coefficient (Wildman–Crippen LogP) is 3.28. The smallest absolute Gasteiger partial charge is 0.264 e. The minimum absolute atomic E-state index is 0.0583. The van der Waals surface area contributed by atoms with Gasteiger partial charge >= 0.3 is 0 Å². The van der Waals surface area contributed by atoms with Gasteiger partial charge in [0.05, 0.1) is 25.9 Å². The number of amides is 2. The van der Waals surface area contributed by atoms with Gasteiger partial charge in [-0.05, 0) is 53.7 Å². The maximum Gasteiger partial charge on any atom is 0.264 e. The molecule has 0 spiro atoms. The Kier molecular flexibility index (Phi) is 6.24. The van der Waals surface area contributed by atoms with E-state index in [0.29, 0.717) is 11.4 Å². The molecule has 1 aliphatic carbocycles. The highest BCUT2D eigenvalue weighted by atomic mass is 79.9. The SMILES string of the molecule is CN(CC(=O)NCCc1nc2c(s1)CCCC2)C(=O)c1ccc(Br)s1. The number of hydrogen-bond acceptors (Lipinski definition) is 5. The molecule has 2 heterocycles. The van der Waals surface area contributed by atoms with Gasteiger partial charge in [-0.25, -0.2) is 4.98 Å². The van der Waals surface area contributed by atoms with Crippen LogP contribution in [0.1, 0.15) is 38.1 Å². The summed E-state index contributed by atoms with van der Waals surface area (Å²) < 4.78 is 0.903. The van der Waals surface area contributed by atoms with E-state index in [2.05, 4.69) is 26.2 Å². The molecule has 0 fully saturated rings. The molecule has 0 saturated heterocycles. The zero-order valence-corrected chi connectivity index (χ0v) is 17.2. The molecular formula is C17H20BrN3O2S2. The third kappa shape index (κ3) is 4.89. The zero-order valence-electron chi connectivity index (χ0n) is 14.0. The summed E-state index contributed by atoms with van der Waals surface area (Å²) >= 11 is 6.48. The molecule has 25 heavy (non-hydrogen) atoms. The van der Waals surface area contributed by atoms with Crippen LogP contribution in [0.15, 0.2) is 15.9 Å². The largest absolute Gasteiger partial charge is 0.354 e. The minimum atomic E-state index is -0.146. The summed E-state index contributed by atoms with van der Waals surface area (Å²) in [6, 6.07) is 3.59. The van der Waals surface area contributed by atoms with Gasteiger partial charge in [0.2, 0.25) is 5.91 Å². The van der Waals surface area contributed by atoms with E-state index in [1.54, 1.807) is 24.5 Å². The topological polar surface area (TPSA) is 62.3 Å². The quantitative estimate of drug-likeness (QED) is 0.747. The molecule has 0 aliphatic heterocycles. The number of carbonyl (C=O) groups is 2. The van der Waals surface area contributed by atoms with Crippen LogP contribution in [0.3, 0.4) is 0 Å². The number of nitrogens with one attached hydrogen (secondary N) is 1. The lowest BCUT2D eigenvalue weighted by Crippen LogP contribution is -2.38. The molecule has 3 rings (SSSR count). The van der Waals surface area contributed by atoms with Gasteiger partial charge in [0.15, 0.2) is 0 Å². The molecule has 0 aromatic carbocycles. The number of fused-ring (bicyclic) bond motifs is 1. The average Bonchev–Trinajstić information content (AvgIpc) is 3.19. The Hall–Kier alpha value is -1.25. The fourth-order valence-corrected chi connectivity index (χ4v) is 5.32. The summed E-state index contributed by atoms with van der Waals surface area (Å²) in [4.78, 5) is 32.4. The number of carbonyl (C=O) groups excluding carboxylic acids is 2. The molecule has 134 valence electrons. The molecule has 2 aromatic rings. The summed E-state index contributed by atoms with van der Waals surface area (Å²) in [6.45, 7) is 0.612. The second kappa shape index (κ2) is 8.42. The molecule has 0 saturated carbocycles. The van der Waals surface area contributed by atoms with Crippen LogP contribution in [-0.2, 0) is 24.1 Å². The Morgan fingerprint density at radius 2 is 2.08 bits per heavy atom. The van der Waals surface area contributed by atoms with Gasteiger partial charge in [-0.15, -0.1) is 22.7 Å². The number of thiophene rings is 1. The molecule has 0 unspecified atom stereocenters. The van der Waals surface area contributed by atoms with Crippen molar-refractivity contribution in [3.8, 4) is 0 Å². The van der Waals surface area contributed by atoms with E-state index in [0.717, 1.165) is 28.1 Å². The average molecular weight is 442 g/mol. The molecule has 1 aliphatic rings. The number of nitrogens with zero attached hydrogens (tertiary/aromatic N) is 2. The standard InChI is InChI=1S/C17H20BrN3O2S2/c1-21(17(23)13-6-7-14(18)24-13)10-15(22)19-9-8-16-20-11-4-2-3-5-12(11)25-16/h6-7H,2-5,8-10H2,1H3,(H,19,22). The van der Waals surface area contributed by atoms with Crippen molar-refractivity contribution in [3.05, 3.63) is 36.4 Å². The first kappa shape index (κ1) is 18.5. The summed E-state index contributed by atoms with van der Waals surface area (Å²) in [7, 11) is 1.64. The van der Waals surface area contributed by atoms with E-state index in [1.807, 2.05) is 6.07 Å². The lowest BCUT2D eigenvalue weighted by Gasteiger charge is -2.15. The van der Waals surface area contributed by atoms with Gasteiger partial charge in [0.25, 0.3) is 5.91 Å². The first-order valence-electron chi connectivity index (χ1n) is 8.28. The number of aryl methyl sites for hydroxylation is 2.